The molecule has 2 aromatic rings. The van der Waals surface area contributed by atoms with E-state index < -0.39 is 6.23 Å². The third kappa shape index (κ3) is 4.54. The molecular weight excluding hydrogens is 356 g/mol. The Bertz CT molecular complexity index is 747. The van der Waals surface area contributed by atoms with Gasteiger partial charge in [0.15, 0.2) is 0 Å². The summed E-state index contributed by atoms with van der Waals surface area (Å²) in [6, 6.07) is 20.5. The van der Waals surface area contributed by atoms with E-state index in [1.165, 1.54) is 5.56 Å². The molecule has 0 aromatic heterocycles. The van der Waals surface area contributed by atoms with Gasteiger partial charge in [-0.2, -0.15) is 0 Å². The Kier molecular flexibility index (Phi) is 5.81. The molecule has 1 aliphatic heterocycles. The van der Waals surface area contributed by atoms with Gasteiger partial charge in [0.25, 0.3) is 0 Å². The third-order valence-electron chi connectivity index (χ3n) is 5.60. The quantitative estimate of drug-likeness (QED) is 0.780. The first-order valence-electron chi connectivity index (χ1n) is 9.65. The van der Waals surface area contributed by atoms with Gasteiger partial charge in [0.2, 0.25) is 5.91 Å². The first kappa shape index (κ1) is 18.5. The number of thioether (sulfide) groups is 1. The van der Waals surface area contributed by atoms with Gasteiger partial charge in [-0.3, -0.25) is 9.69 Å². The maximum absolute atomic E-state index is 12.5. The van der Waals surface area contributed by atoms with Crippen LogP contribution in [0.4, 0.5) is 0 Å². The topological polar surface area (TPSA) is 43.8 Å². The normalized spacial score (nSPS) is 23.8. The number of aliphatic hydroxyl groups excluding tert-OH is 1. The largest absolute Gasteiger partial charge is 0.378 e. The molecule has 0 radical (unpaired) electrons. The Morgan fingerprint density at radius 2 is 1.63 bits per heavy atom. The Morgan fingerprint density at radius 1 is 1.00 bits per heavy atom. The number of piperazine rings is 1. The molecule has 1 amide bonds. The summed E-state index contributed by atoms with van der Waals surface area (Å²) in [5.41, 5.74) is 1.33. The van der Waals surface area contributed by atoms with Crippen molar-refractivity contribution in [1.82, 2.24) is 9.80 Å². The van der Waals surface area contributed by atoms with Crippen molar-refractivity contribution < 1.29 is 9.90 Å². The molecule has 2 fully saturated rings. The Hall–Kier alpha value is -1.82. The molecule has 1 aliphatic carbocycles. The maximum atomic E-state index is 12.5. The van der Waals surface area contributed by atoms with Crippen LogP contribution in [0, 0.1) is 5.92 Å². The van der Waals surface area contributed by atoms with Gasteiger partial charge in [0, 0.05) is 37.0 Å². The van der Waals surface area contributed by atoms with Crippen molar-refractivity contribution >= 4 is 17.7 Å². The fourth-order valence-electron chi connectivity index (χ4n) is 3.89. The molecule has 5 heteroatoms. The predicted molar refractivity (Wildman–Crippen MR) is 109 cm³/mol. The first-order valence-corrected chi connectivity index (χ1v) is 10.6. The van der Waals surface area contributed by atoms with Crippen molar-refractivity contribution in [2.45, 2.75) is 23.5 Å². The average Bonchev–Trinajstić information content (AvgIpc) is 3.54. The van der Waals surface area contributed by atoms with E-state index in [1.54, 1.807) is 11.8 Å². The van der Waals surface area contributed by atoms with Crippen LogP contribution >= 0.6 is 11.8 Å². The number of carbonyl (C=O) groups is 1. The number of amides is 1. The second kappa shape index (κ2) is 8.46. The van der Waals surface area contributed by atoms with Crippen LogP contribution in [0.2, 0.25) is 0 Å². The first-order chi connectivity index (χ1) is 13.2. The van der Waals surface area contributed by atoms with E-state index in [4.69, 9.17) is 0 Å². The van der Waals surface area contributed by atoms with E-state index in [1.807, 2.05) is 41.3 Å². The van der Waals surface area contributed by atoms with Crippen molar-refractivity contribution in [2.75, 3.05) is 31.9 Å². The van der Waals surface area contributed by atoms with Crippen LogP contribution in [0.5, 0.6) is 0 Å². The standard InChI is InChI=1S/C22H26N2O2S/c25-21(16-27-18-9-5-2-6-10-18)23-11-13-24(14-12-23)22(26)20-15-19(20)17-7-3-1-4-8-17/h1-10,19-20,22,26H,11-16H2/t19-,20+,22?/m0/s1. The molecule has 0 bridgehead atoms. The summed E-state index contributed by atoms with van der Waals surface area (Å²) in [5.74, 6) is 1.46. The highest BCUT2D eigenvalue weighted by atomic mass is 32.2. The van der Waals surface area contributed by atoms with Crippen LogP contribution in [0.1, 0.15) is 17.9 Å². The minimum absolute atomic E-state index is 0.187. The summed E-state index contributed by atoms with van der Waals surface area (Å²) in [6.45, 7) is 2.91. The molecule has 142 valence electrons. The van der Waals surface area contributed by atoms with E-state index >= 15 is 0 Å². The van der Waals surface area contributed by atoms with E-state index in [2.05, 4.69) is 29.2 Å². The highest BCUT2D eigenvalue weighted by Crippen LogP contribution is 2.50. The molecule has 1 saturated carbocycles. The SMILES string of the molecule is O=C(CSc1ccccc1)N1CCN(C(O)[C@@H]2C[C@H]2c2ccccc2)CC1. The second-order valence-electron chi connectivity index (χ2n) is 7.35. The smallest absolute Gasteiger partial charge is 0.233 e. The summed E-state index contributed by atoms with van der Waals surface area (Å²) in [7, 11) is 0. The summed E-state index contributed by atoms with van der Waals surface area (Å²) >= 11 is 1.59. The Balaban J connectivity index is 1.22. The Labute approximate surface area is 165 Å². The molecule has 1 unspecified atom stereocenters. The van der Waals surface area contributed by atoms with Gasteiger partial charge in [-0.05, 0) is 30.0 Å². The molecule has 0 spiro atoms. The predicted octanol–water partition coefficient (Wildman–Crippen LogP) is 3.05. The van der Waals surface area contributed by atoms with Gasteiger partial charge in [-0.1, -0.05) is 48.5 Å². The number of nitrogens with zero attached hydrogens (tertiary/aromatic N) is 2. The van der Waals surface area contributed by atoms with Crippen LogP contribution in [0.25, 0.3) is 0 Å². The van der Waals surface area contributed by atoms with Crippen LogP contribution in [-0.4, -0.2) is 59.0 Å². The second-order valence-corrected chi connectivity index (χ2v) is 8.40. The Morgan fingerprint density at radius 3 is 2.30 bits per heavy atom. The maximum Gasteiger partial charge on any atom is 0.233 e. The fourth-order valence-corrected chi connectivity index (χ4v) is 4.71. The lowest BCUT2D eigenvalue weighted by Gasteiger charge is -2.37. The molecule has 2 aliphatic rings. The van der Waals surface area contributed by atoms with Crippen molar-refractivity contribution in [1.29, 1.82) is 0 Å². The zero-order chi connectivity index (χ0) is 18.6. The zero-order valence-electron chi connectivity index (χ0n) is 15.4. The van der Waals surface area contributed by atoms with Gasteiger partial charge >= 0.3 is 0 Å². The fraction of sp³-hybridized carbons (Fsp3) is 0.409. The molecule has 1 heterocycles. The van der Waals surface area contributed by atoms with Crippen molar-refractivity contribution in [3.63, 3.8) is 0 Å². The van der Waals surface area contributed by atoms with E-state index in [0.717, 1.165) is 24.4 Å². The lowest BCUT2D eigenvalue weighted by molar-refractivity contribution is -0.132. The molecule has 27 heavy (non-hydrogen) atoms. The molecule has 4 rings (SSSR count). The van der Waals surface area contributed by atoms with Crippen LogP contribution in [-0.2, 0) is 4.79 Å². The van der Waals surface area contributed by atoms with E-state index in [-0.39, 0.29) is 5.91 Å². The summed E-state index contributed by atoms with van der Waals surface area (Å²) in [5, 5.41) is 10.7. The summed E-state index contributed by atoms with van der Waals surface area (Å²) < 4.78 is 0. The number of hydrogen-bond acceptors (Lipinski definition) is 4. The molecule has 2 aromatic carbocycles. The molecule has 1 saturated heterocycles. The number of rotatable bonds is 6. The molecular formula is C22H26N2O2S. The van der Waals surface area contributed by atoms with Crippen LogP contribution < -0.4 is 0 Å². The monoisotopic (exact) mass is 382 g/mol. The van der Waals surface area contributed by atoms with Gasteiger partial charge in [-0.25, -0.2) is 0 Å². The average molecular weight is 383 g/mol. The number of aliphatic hydroxyl groups is 1. The lowest BCUT2D eigenvalue weighted by Crippen LogP contribution is -2.53. The van der Waals surface area contributed by atoms with E-state index in [0.29, 0.717) is 30.7 Å². The van der Waals surface area contributed by atoms with Gasteiger partial charge in [0.1, 0.15) is 6.23 Å². The van der Waals surface area contributed by atoms with Gasteiger partial charge in [0.05, 0.1) is 5.75 Å². The molecule has 4 nitrogen and oxygen atoms in total. The van der Waals surface area contributed by atoms with Crippen LogP contribution in [0.15, 0.2) is 65.6 Å². The third-order valence-corrected chi connectivity index (χ3v) is 6.59. The summed E-state index contributed by atoms with van der Waals surface area (Å²) in [6.07, 6.45) is 0.657. The highest BCUT2D eigenvalue weighted by molar-refractivity contribution is 8.00. The van der Waals surface area contributed by atoms with Crippen LogP contribution in [0.3, 0.4) is 0 Å². The van der Waals surface area contributed by atoms with Crippen molar-refractivity contribution in [3.8, 4) is 0 Å². The van der Waals surface area contributed by atoms with Crippen molar-refractivity contribution in [2.24, 2.45) is 5.92 Å². The van der Waals surface area contributed by atoms with Gasteiger partial charge < -0.3 is 10.0 Å². The number of carbonyl (C=O) groups excluding carboxylic acids is 1. The number of benzene rings is 2. The van der Waals surface area contributed by atoms with E-state index in [9.17, 15) is 9.90 Å². The molecule has 3 atom stereocenters. The lowest BCUT2D eigenvalue weighted by atomic mass is 10.1. The minimum atomic E-state index is -0.397. The number of hydrogen-bond donors (Lipinski definition) is 1. The summed E-state index contributed by atoms with van der Waals surface area (Å²) in [4.78, 5) is 17.7. The highest BCUT2D eigenvalue weighted by Gasteiger charge is 2.45. The zero-order valence-corrected chi connectivity index (χ0v) is 16.2. The van der Waals surface area contributed by atoms with Crippen molar-refractivity contribution in [3.05, 3.63) is 66.2 Å². The van der Waals surface area contributed by atoms with Gasteiger partial charge in [-0.15, -0.1) is 11.8 Å². The minimum Gasteiger partial charge on any atom is -0.378 e. The molecule has 1 N–H and O–H groups in total.